The molecule has 3 fully saturated rings. The van der Waals surface area contributed by atoms with Gasteiger partial charge in [0.2, 0.25) is 11.8 Å². The summed E-state index contributed by atoms with van der Waals surface area (Å²) in [4.78, 5) is 61.7. The Hall–Kier alpha value is -3.88. The van der Waals surface area contributed by atoms with Crippen molar-refractivity contribution < 1.29 is 28.8 Å². The smallest absolute Gasteiger partial charge is 0.338 e. The summed E-state index contributed by atoms with van der Waals surface area (Å²) >= 11 is 0. The number of amides is 2. The number of carbonyl (C=O) groups is 4. The molecule has 0 N–H and O–H groups in total. The van der Waals surface area contributed by atoms with Crippen molar-refractivity contribution in [2.24, 2.45) is 23.7 Å². The van der Waals surface area contributed by atoms with Crippen LogP contribution < -0.4 is 4.90 Å². The quantitative estimate of drug-likeness (QED) is 0.219. The van der Waals surface area contributed by atoms with Gasteiger partial charge in [-0.3, -0.25) is 29.4 Å². The van der Waals surface area contributed by atoms with Gasteiger partial charge in [-0.1, -0.05) is 0 Å². The fourth-order valence-electron chi connectivity index (χ4n) is 5.48. The van der Waals surface area contributed by atoms with Crippen molar-refractivity contribution in [3.8, 4) is 0 Å². The van der Waals surface area contributed by atoms with E-state index in [0.717, 1.165) is 19.3 Å². The molecule has 1 heterocycles. The molecule has 1 aliphatic heterocycles. The van der Waals surface area contributed by atoms with E-state index < -0.39 is 23.3 Å². The van der Waals surface area contributed by atoms with E-state index in [4.69, 9.17) is 4.74 Å². The van der Waals surface area contributed by atoms with Crippen LogP contribution in [0.3, 0.4) is 0 Å². The largest absolute Gasteiger partial charge is 0.454 e. The van der Waals surface area contributed by atoms with Gasteiger partial charge in [0.25, 0.3) is 5.69 Å². The molecule has 4 unspecified atom stereocenters. The molecule has 2 aromatic carbocycles. The number of hydrogen-bond acceptors (Lipinski definition) is 7. The van der Waals surface area contributed by atoms with Gasteiger partial charge >= 0.3 is 5.97 Å². The van der Waals surface area contributed by atoms with Crippen molar-refractivity contribution >= 4 is 34.9 Å². The van der Waals surface area contributed by atoms with Crippen LogP contribution in [-0.2, 0) is 14.3 Å². The lowest BCUT2D eigenvalue weighted by atomic mass is 9.81. The molecule has 168 valence electrons. The molecular weight excluding hydrogens is 428 g/mol. The van der Waals surface area contributed by atoms with E-state index in [1.807, 2.05) is 0 Å². The first-order valence-electron chi connectivity index (χ1n) is 10.8. The molecule has 0 radical (unpaired) electrons. The summed E-state index contributed by atoms with van der Waals surface area (Å²) in [6.07, 6.45) is 2.97. The molecule has 2 aliphatic carbocycles. The van der Waals surface area contributed by atoms with Crippen LogP contribution in [0.4, 0.5) is 11.4 Å². The van der Waals surface area contributed by atoms with Crippen LogP contribution in [0.2, 0.25) is 0 Å². The number of fused-ring (bicyclic) bond motifs is 5. The molecule has 0 aromatic heterocycles. The Kier molecular flexibility index (Phi) is 5.03. The van der Waals surface area contributed by atoms with E-state index in [2.05, 4.69) is 0 Å². The first kappa shape index (κ1) is 21.0. The average molecular weight is 448 g/mol. The molecule has 2 saturated carbocycles. The molecular formula is C24H20N2O7. The molecule has 3 aliphatic rings. The fraction of sp³-hybridized carbons (Fsp3) is 0.333. The Balaban J connectivity index is 1.22. The van der Waals surface area contributed by atoms with Gasteiger partial charge in [-0.15, -0.1) is 0 Å². The Morgan fingerprint density at radius 3 is 2.00 bits per heavy atom. The first-order valence-corrected chi connectivity index (χ1v) is 10.8. The summed E-state index contributed by atoms with van der Waals surface area (Å²) in [5.41, 5.74) is 0.649. The van der Waals surface area contributed by atoms with Crippen LogP contribution in [0, 0.1) is 33.8 Å². The highest BCUT2D eigenvalue weighted by molar-refractivity contribution is 6.22. The highest BCUT2D eigenvalue weighted by Gasteiger charge is 2.61. The lowest BCUT2D eigenvalue weighted by Crippen LogP contribution is -2.32. The maximum atomic E-state index is 12.9. The molecule has 1 saturated heterocycles. The maximum Gasteiger partial charge on any atom is 0.338 e. The number of nitro benzene ring substituents is 1. The second-order valence-electron chi connectivity index (χ2n) is 8.75. The minimum Gasteiger partial charge on any atom is -0.454 e. The number of non-ortho nitro benzene ring substituents is 1. The van der Waals surface area contributed by atoms with E-state index in [1.54, 1.807) is 0 Å². The number of carbonyl (C=O) groups excluding carboxylic acids is 4. The van der Waals surface area contributed by atoms with Crippen molar-refractivity contribution in [3.05, 3.63) is 69.8 Å². The number of hydrogen-bond donors (Lipinski definition) is 0. The van der Waals surface area contributed by atoms with Gasteiger partial charge in [0.05, 0.1) is 28.0 Å². The van der Waals surface area contributed by atoms with Crippen LogP contribution in [0.1, 0.15) is 40.0 Å². The number of ether oxygens (including phenoxy) is 1. The number of Topliss-reactive ketones (excluding diaryl/α,β-unsaturated/α-hetero) is 1. The Labute approximate surface area is 188 Å². The summed E-state index contributed by atoms with van der Waals surface area (Å²) < 4.78 is 5.06. The zero-order valence-electron chi connectivity index (χ0n) is 17.5. The van der Waals surface area contributed by atoms with Crippen LogP contribution in [-0.4, -0.2) is 35.1 Å². The van der Waals surface area contributed by atoms with Gasteiger partial charge in [-0.2, -0.15) is 0 Å². The van der Waals surface area contributed by atoms with Crippen LogP contribution in [0.25, 0.3) is 0 Å². The van der Waals surface area contributed by atoms with Gasteiger partial charge in [-0.05, 0) is 67.5 Å². The summed E-state index contributed by atoms with van der Waals surface area (Å²) in [5, 5.41) is 10.7. The maximum absolute atomic E-state index is 12.9. The van der Waals surface area contributed by atoms with Gasteiger partial charge < -0.3 is 4.74 Å². The van der Waals surface area contributed by atoms with Gasteiger partial charge in [0.15, 0.2) is 12.4 Å². The second kappa shape index (κ2) is 7.91. The summed E-state index contributed by atoms with van der Waals surface area (Å²) in [6.45, 7) is -0.520. The Bertz CT molecular complexity index is 1140. The molecule has 2 aromatic rings. The highest BCUT2D eigenvalue weighted by atomic mass is 16.6. The van der Waals surface area contributed by atoms with Crippen LogP contribution >= 0.6 is 0 Å². The number of nitro groups is 1. The van der Waals surface area contributed by atoms with Crippen molar-refractivity contribution in [2.45, 2.75) is 19.3 Å². The van der Waals surface area contributed by atoms with E-state index >= 15 is 0 Å². The van der Waals surface area contributed by atoms with E-state index in [1.165, 1.54) is 53.4 Å². The zero-order valence-corrected chi connectivity index (χ0v) is 17.5. The molecule has 9 heteroatoms. The number of benzene rings is 2. The van der Waals surface area contributed by atoms with Crippen molar-refractivity contribution in [1.82, 2.24) is 0 Å². The third kappa shape index (κ3) is 3.49. The average Bonchev–Trinajstić information content (AvgIpc) is 3.51. The predicted molar refractivity (Wildman–Crippen MR) is 114 cm³/mol. The number of anilines is 1. The lowest BCUT2D eigenvalue weighted by Gasteiger charge is -2.19. The fourth-order valence-corrected chi connectivity index (χ4v) is 5.48. The predicted octanol–water partition coefficient (Wildman–Crippen LogP) is 3.17. The summed E-state index contributed by atoms with van der Waals surface area (Å²) in [5.74, 6) is -1.37. The Morgan fingerprint density at radius 2 is 1.45 bits per heavy atom. The minimum atomic E-state index is -0.731. The Morgan fingerprint density at radius 1 is 0.909 bits per heavy atom. The van der Waals surface area contributed by atoms with Gasteiger partial charge in [0.1, 0.15) is 0 Å². The van der Waals surface area contributed by atoms with Gasteiger partial charge in [-0.25, -0.2) is 4.79 Å². The number of ketones is 1. The number of esters is 1. The van der Waals surface area contributed by atoms with Crippen molar-refractivity contribution in [1.29, 1.82) is 0 Å². The third-order valence-corrected chi connectivity index (χ3v) is 7.02. The van der Waals surface area contributed by atoms with Crippen molar-refractivity contribution in [3.63, 3.8) is 0 Å². The number of rotatable bonds is 6. The number of imide groups is 1. The van der Waals surface area contributed by atoms with Gasteiger partial charge in [0, 0.05) is 17.7 Å². The molecule has 2 amide bonds. The molecule has 4 atom stereocenters. The van der Waals surface area contributed by atoms with E-state index in [9.17, 15) is 29.3 Å². The second-order valence-corrected chi connectivity index (χ2v) is 8.75. The topological polar surface area (TPSA) is 124 Å². The minimum absolute atomic E-state index is 0.144. The molecule has 5 rings (SSSR count). The molecule has 9 nitrogen and oxygen atoms in total. The lowest BCUT2D eigenvalue weighted by molar-refractivity contribution is -0.384. The normalized spacial score (nSPS) is 25.3. The molecule has 33 heavy (non-hydrogen) atoms. The van der Waals surface area contributed by atoms with Crippen LogP contribution in [0.5, 0.6) is 0 Å². The first-order chi connectivity index (χ1) is 15.8. The summed E-state index contributed by atoms with van der Waals surface area (Å²) in [6, 6.07) is 11.0. The summed E-state index contributed by atoms with van der Waals surface area (Å²) in [7, 11) is 0. The number of nitrogens with zero attached hydrogens (tertiary/aromatic N) is 2. The molecule has 0 spiro atoms. The van der Waals surface area contributed by atoms with E-state index in [-0.39, 0.29) is 40.5 Å². The van der Waals surface area contributed by atoms with E-state index in [0.29, 0.717) is 17.5 Å². The molecule has 2 bridgehead atoms. The zero-order chi connectivity index (χ0) is 23.3. The highest BCUT2D eigenvalue weighted by Crippen LogP contribution is 2.56. The third-order valence-electron chi connectivity index (χ3n) is 7.02. The standard InChI is InChI=1S/C24H20N2O7/c27-19(13-3-9-18(10-4-13)26(31)32)12-33-24(30)14-5-7-17(8-6-14)25-22(28)20-15-1-2-16(11-15)21(20)23(25)29/h3-10,15-16,20-21H,1-2,11-12H2. The van der Waals surface area contributed by atoms with Crippen molar-refractivity contribution in [2.75, 3.05) is 11.5 Å². The SMILES string of the molecule is O=C(COC(=O)c1ccc(N2C(=O)C3C4CCC(C4)C3C2=O)cc1)c1ccc([N+](=O)[O-])cc1. The monoisotopic (exact) mass is 448 g/mol. The van der Waals surface area contributed by atoms with Crippen LogP contribution in [0.15, 0.2) is 48.5 Å².